The minimum atomic E-state index is -1.31. The molecule has 12 heteroatoms. The average molecular weight is 749 g/mol. The minimum Gasteiger partial charge on any atom is -0.481 e. The van der Waals surface area contributed by atoms with Gasteiger partial charge in [0.05, 0.1) is 16.9 Å². The van der Waals surface area contributed by atoms with E-state index in [1.54, 1.807) is 13.1 Å². The maximum Gasteiger partial charge on any atom is 0.326 e. The molecule has 0 bridgehead atoms. The quantitative estimate of drug-likeness (QED) is 0.131. The highest BCUT2D eigenvalue weighted by Crippen LogP contribution is 2.39. The number of H-pyrrole nitrogens is 1. The molecule has 6 N–H and O–H groups in total. The van der Waals surface area contributed by atoms with E-state index in [-0.39, 0.29) is 178 Å². The first-order valence-electron chi connectivity index (χ1n) is 12.8. The fraction of sp³-hybridized carbons (Fsp3) is 0.577. The van der Waals surface area contributed by atoms with Crippen LogP contribution in [0.15, 0.2) is 10.9 Å². The lowest BCUT2D eigenvalue weighted by molar-refractivity contribution is -0.142. The fourth-order valence-electron chi connectivity index (χ4n) is 5.16. The highest BCUT2D eigenvalue weighted by Gasteiger charge is 2.34. The van der Waals surface area contributed by atoms with Crippen LogP contribution in [0, 0.1) is 17.8 Å². The largest absolute Gasteiger partial charge is 0.481 e. The van der Waals surface area contributed by atoms with Crippen molar-refractivity contribution in [3.05, 3.63) is 37.3 Å². The standard InChI is InChI=1S/C26H37N5O6S.100H2/c1-11(2)15-9-18(23(34)29-21(25(36)37)13(4)8-19(32)33)38-17(15)7-12(3)16-10-28-22-20(14(16)5)24(35)31-26(27-6)30-22;;;;;;;;;;;;;;;;;;;;;;;;;;;;;;;;;;;;;;;;;;;;;;;;;;;;;;;;;;;;;;;;;;;;;;;;;;;;;;;;;;;;;;;;;;;;;;;;;;;;/h9,11-14,16,21H,7-8,10H2,1-6H3,(H,29,34)(H,32,33)(H,36,37)(H3,27,28,30,31,35);100*1H/t12-,13?,14?,16-,21-;;;;;;;;;;;;;;;;;;;;;;;;;;;;;;;;;;;;;;;;;;;;;;;;;;;;;;;;;;;;;;;;;;;;;;;;;;;;;;;;;;;;;;;;;;;;;;;;;;;;/m0..................................................................................................../s1. The van der Waals surface area contributed by atoms with Gasteiger partial charge in [0.25, 0.3) is 11.5 Å². The minimum absolute atomic E-state index is 0. The lowest BCUT2D eigenvalue weighted by Gasteiger charge is -2.35. The second-order valence-electron chi connectivity index (χ2n) is 10.5. The molecule has 2 aromatic heterocycles. The van der Waals surface area contributed by atoms with Gasteiger partial charge in [-0.3, -0.25) is 19.4 Å². The van der Waals surface area contributed by atoms with Gasteiger partial charge in [-0.1, -0.05) is 34.6 Å². The first-order valence-corrected chi connectivity index (χ1v) is 13.6. The maximum absolute atomic E-state index is 13.0. The van der Waals surface area contributed by atoms with Crippen molar-refractivity contribution >= 4 is 40.9 Å². The molecule has 0 aromatic carbocycles. The van der Waals surface area contributed by atoms with E-state index in [0.717, 1.165) is 10.4 Å². The van der Waals surface area contributed by atoms with Gasteiger partial charge in [0.1, 0.15) is 11.9 Å². The molecule has 1 aliphatic rings. The number of carbonyl (C=O) groups is 3. The summed E-state index contributed by atoms with van der Waals surface area (Å²) in [7, 11) is 1.70. The van der Waals surface area contributed by atoms with Crippen LogP contribution in [-0.2, 0) is 16.0 Å². The highest BCUT2D eigenvalue weighted by molar-refractivity contribution is 7.14. The van der Waals surface area contributed by atoms with Gasteiger partial charge in [-0.05, 0) is 47.6 Å². The van der Waals surface area contributed by atoms with Crippen LogP contribution in [0.4, 0.5) is 11.8 Å². The topological polar surface area (TPSA) is 174 Å². The Balaban J connectivity index is -0.00000000167. The number of thiophene rings is 1. The summed E-state index contributed by atoms with van der Waals surface area (Å²) in [6.45, 7) is 10.4. The van der Waals surface area contributed by atoms with E-state index >= 15 is 0 Å². The summed E-state index contributed by atoms with van der Waals surface area (Å²) in [5.41, 5.74) is 1.49. The van der Waals surface area contributed by atoms with Crippen LogP contribution in [0.3, 0.4) is 0 Å². The Labute approximate surface area is 373 Å². The molecule has 2 unspecified atom stereocenters. The molecule has 0 aliphatic carbocycles. The zero-order chi connectivity index (χ0) is 28.3. The smallest absolute Gasteiger partial charge is 0.326 e. The molecular formula is C26H237N5O6S. The summed E-state index contributed by atoms with van der Waals surface area (Å²) < 4.78 is 0. The molecule has 3 rings (SSSR count). The molecular weight excluding hydrogens is 510 g/mol. The van der Waals surface area contributed by atoms with Crippen molar-refractivity contribution in [2.45, 2.75) is 65.3 Å². The van der Waals surface area contributed by atoms with Crippen LogP contribution < -0.4 is 21.5 Å². The summed E-state index contributed by atoms with van der Waals surface area (Å²) in [5, 5.41) is 27.3. The third-order valence-corrected chi connectivity index (χ3v) is 8.51. The van der Waals surface area contributed by atoms with Crippen LogP contribution in [0.5, 0.6) is 0 Å². The first-order chi connectivity index (χ1) is 17.8. The number of hydrogen-bond donors (Lipinski definition) is 6. The Kier molecular flexibility index (Phi) is 9.18. The summed E-state index contributed by atoms with van der Waals surface area (Å²) in [5.74, 6) is -2.25. The van der Waals surface area contributed by atoms with Gasteiger partial charge in [-0.15, -0.1) is 11.3 Å². The molecule has 0 radical (unpaired) electrons. The van der Waals surface area contributed by atoms with Crippen molar-refractivity contribution in [3.8, 4) is 0 Å². The molecule has 1 amide bonds. The number of aliphatic carboxylic acids is 2. The van der Waals surface area contributed by atoms with E-state index < -0.39 is 29.8 Å². The van der Waals surface area contributed by atoms with Crippen molar-refractivity contribution < 1.29 is 167 Å². The average Bonchev–Trinajstić information content (AvgIpc) is 3.25. The maximum atomic E-state index is 13.0. The number of rotatable bonds is 11. The van der Waals surface area contributed by atoms with Gasteiger partial charge in [-0.25, -0.2) is 4.79 Å². The van der Waals surface area contributed by atoms with Crippen LogP contribution in [-0.4, -0.2) is 57.7 Å². The third-order valence-electron chi connectivity index (χ3n) is 7.34. The Bertz CT molecular complexity index is 1370. The van der Waals surface area contributed by atoms with Crippen molar-refractivity contribution in [2.75, 3.05) is 24.2 Å². The Hall–Kier alpha value is -3.41. The van der Waals surface area contributed by atoms with Crippen LogP contribution in [0.1, 0.15) is 221 Å². The lowest BCUT2D eigenvalue weighted by atomic mass is 9.76. The number of fused-ring (bicyclic) bond motifs is 1. The molecule has 2 aromatic rings. The summed E-state index contributed by atoms with van der Waals surface area (Å²) >= 11 is 1.33. The monoisotopic (exact) mass is 749 g/mol. The Morgan fingerprint density at radius 1 is 1.24 bits per heavy atom. The molecule has 5 atom stereocenters. The van der Waals surface area contributed by atoms with Crippen molar-refractivity contribution in [1.82, 2.24) is 15.3 Å². The number of anilines is 2. The van der Waals surface area contributed by atoms with Gasteiger partial charge in [0.15, 0.2) is 0 Å². The van der Waals surface area contributed by atoms with E-state index in [1.807, 2.05) is 20.8 Å². The number of carboxylic acid groups (broad SMARTS) is 2. The van der Waals surface area contributed by atoms with E-state index in [1.165, 1.54) is 18.3 Å². The number of amides is 1. The van der Waals surface area contributed by atoms with Gasteiger partial charge in [0.2, 0.25) is 5.95 Å². The van der Waals surface area contributed by atoms with Gasteiger partial charge in [-0.2, -0.15) is 4.98 Å². The number of aromatic amines is 1. The summed E-state index contributed by atoms with van der Waals surface area (Å²) in [6.07, 6.45) is 0.322. The van der Waals surface area contributed by atoms with Crippen molar-refractivity contribution in [1.29, 1.82) is 0 Å². The van der Waals surface area contributed by atoms with E-state index in [2.05, 4.69) is 32.8 Å². The number of hydrogen-bond acceptors (Lipinski definition) is 8. The van der Waals surface area contributed by atoms with Crippen LogP contribution in [0.25, 0.3) is 0 Å². The number of nitrogens with one attached hydrogen (secondary N) is 4. The molecule has 38 heavy (non-hydrogen) atoms. The Morgan fingerprint density at radius 2 is 1.92 bits per heavy atom. The molecule has 0 saturated carbocycles. The number of aromatic nitrogens is 2. The molecule has 0 spiro atoms. The molecule has 11 nitrogen and oxygen atoms in total. The third kappa shape index (κ3) is 6.35. The van der Waals surface area contributed by atoms with Crippen molar-refractivity contribution in [2.24, 2.45) is 17.8 Å². The summed E-state index contributed by atoms with van der Waals surface area (Å²) in [6, 6.07) is 0.495. The molecule has 0 saturated heterocycles. The first kappa shape index (κ1) is 29.2. The van der Waals surface area contributed by atoms with Crippen molar-refractivity contribution in [3.63, 3.8) is 0 Å². The second kappa shape index (κ2) is 12.0. The van der Waals surface area contributed by atoms with E-state index in [9.17, 15) is 24.3 Å². The molecule has 3 heterocycles. The molecule has 408 valence electrons. The van der Waals surface area contributed by atoms with E-state index in [4.69, 9.17) is 5.11 Å². The number of nitrogens with zero attached hydrogens (tertiary/aromatic N) is 1. The van der Waals surface area contributed by atoms with E-state index in [0.29, 0.717) is 35.2 Å². The normalized spacial score (nSPS) is 19.1. The van der Waals surface area contributed by atoms with Gasteiger partial charge < -0.3 is 26.2 Å². The predicted molar refractivity (Wildman–Crippen MR) is 358 cm³/mol. The molecule has 1 aliphatic heterocycles. The number of carbonyl (C=O) groups excluding carboxylic acids is 1. The number of carboxylic acids is 2. The summed E-state index contributed by atoms with van der Waals surface area (Å²) in [4.78, 5) is 57.2. The lowest BCUT2D eigenvalue weighted by Crippen LogP contribution is -2.45. The second-order valence-corrected chi connectivity index (χ2v) is 11.6. The SMILES string of the molecule is CNc1nc2c(c(=O)[nH]1)C(C)[C@H]([C@@H](C)Cc1sc(C(=O)N[C@H](C(=O)O)C(C)CC(=O)O)cc1C(C)C)CN2.[HH].[HH].[HH].[HH].[HH].[HH].[HH].[HH].[HH].[HH].[HH].[HH].[HH].[HH].[HH].[HH].[HH].[HH].[HH].[HH].[HH].[HH].[HH].[HH].[HH].[HH].[HH].[HH].[HH].[HH].[HH].[HH].[HH].[HH].[HH].[HH].[HH].[HH].[HH].[HH].[HH].[HH].[HH].[HH].[HH].[HH].[HH].[HH].[HH].[HH].[HH].[HH].[HH].[HH].[HH].[HH].[HH].[HH].[HH].[HH].[HH].[HH].[HH].[HH].[HH].[HH].[HH].[HH].[HH].[HH].[HH].[HH].[HH].[HH].[HH].[HH].[HH].[HH].[HH].[HH].[HH].[HH].[HH].[HH].[HH].[HH].[HH].[HH].[HH].[HH].[HH].[HH].[HH].[HH].[HH].[HH].[HH].[HH].[HH].[HH]. The highest BCUT2D eigenvalue weighted by atomic mass is 32.1. The van der Waals surface area contributed by atoms with Crippen LogP contribution >= 0.6 is 11.3 Å². The Morgan fingerprint density at radius 3 is 2.50 bits per heavy atom. The zero-order valence-electron chi connectivity index (χ0n) is 22.5. The molecule has 0 fully saturated rings. The van der Waals surface area contributed by atoms with Crippen LogP contribution in [0.2, 0.25) is 0 Å². The fourth-order valence-corrected chi connectivity index (χ4v) is 6.52. The van der Waals surface area contributed by atoms with Gasteiger partial charge in [0, 0.05) is 161 Å². The zero-order valence-corrected chi connectivity index (χ0v) is 23.4. The van der Waals surface area contributed by atoms with Gasteiger partial charge >= 0.3 is 11.9 Å². The predicted octanol–water partition coefficient (Wildman–Crippen LogP) is 27.9.